The van der Waals surface area contributed by atoms with Gasteiger partial charge in [0.05, 0.1) is 11.1 Å². The minimum atomic E-state index is -4.49. The van der Waals surface area contributed by atoms with E-state index in [9.17, 15) is 31.1 Å². The molecular formula is C19H13F6N3O2. The molecule has 5 nitrogen and oxygen atoms in total. The smallest absolute Gasteiger partial charge is 0.352 e. The van der Waals surface area contributed by atoms with Gasteiger partial charge in [0.1, 0.15) is 0 Å². The lowest BCUT2D eigenvalue weighted by Gasteiger charge is -2.07. The molecule has 1 N–H and O–H groups in total. The first-order valence-electron chi connectivity index (χ1n) is 8.50. The van der Waals surface area contributed by atoms with Crippen LogP contribution in [0.25, 0.3) is 11.4 Å². The van der Waals surface area contributed by atoms with Crippen LogP contribution in [0.3, 0.4) is 0 Å². The molecule has 158 valence electrons. The number of halogens is 6. The second-order valence-corrected chi connectivity index (χ2v) is 6.17. The Bertz CT molecular complexity index is 1010. The molecule has 0 fully saturated rings. The first kappa shape index (κ1) is 21.3. The summed E-state index contributed by atoms with van der Waals surface area (Å²) in [5, 5.41) is 6.19. The standard InChI is InChI=1S/C19H13F6N3O2/c20-18(21,22)13-5-1-11(2-6-13)16-27-15(30-28-16)9-10-26-17(29)12-3-7-14(8-4-12)19(23,24)25/h1-8H,9-10H2,(H,26,29). The van der Waals surface area contributed by atoms with Crippen LogP contribution in [0, 0.1) is 0 Å². The van der Waals surface area contributed by atoms with Crippen molar-refractivity contribution in [1.82, 2.24) is 15.5 Å². The van der Waals surface area contributed by atoms with Crippen LogP contribution in [0.5, 0.6) is 0 Å². The van der Waals surface area contributed by atoms with Crippen molar-refractivity contribution in [2.24, 2.45) is 0 Å². The lowest BCUT2D eigenvalue weighted by atomic mass is 10.1. The summed E-state index contributed by atoms with van der Waals surface area (Å²) in [5.74, 6) is -0.350. The number of rotatable bonds is 5. The average Bonchev–Trinajstić information content (AvgIpc) is 3.16. The maximum atomic E-state index is 12.6. The summed E-state index contributed by atoms with van der Waals surface area (Å²) in [6.45, 7) is 0.0640. The molecule has 11 heteroatoms. The van der Waals surface area contributed by atoms with Gasteiger partial charge in [0.15, 0.2) is 0 Å². The molecule has 0 bridgehead atoms. The Morgan fingerprint density at radius 2 is 1.40 bits per heavy atom. The van der Waals surface area contributed by atoms with E-state index in [-0.39, 0.29) is 30.2 Å². The number of nitrogens with one attached hydrogen (secondary N) is 1. The van der Waals surface area contributed by atoms with E-state index in [1.807, 2.05) is 0 Å². The minimum Gasteiger partial charge on any atom is -0.352 e. The summed E-state index contributed by atoms with van der Waals surface area (Å²) in [4.78, 5) is 16.0. The van der Waals surface area contributed by atoms with Gasteiger partial charge >= 0.3 is 12.4 Å². The topological polar surface area (TPSA) is 68.0 Å². The summed E-state index contributed by atoms with van der Waals surface area (Å²) in [6.07, 6.45) is -8.82. The predicted octanol–water partition coefficient (Wildman–Crippen LogP) is 4.75. The van der Waals surface area contributed by atoms with Gasteiger partial charge < -0.3 is 9.84 Å². The summed E-state index contributed by atoms with van der Waals surface area (Å²) in [7, 11) is 0. The Hall–Kier alpha value is -3.37. The third kappa shape index (κ3) is 5.16. The molecule has 0 aliphatic heterocycles. The molecule has 0 spiro atoms. The Kier molecular flexibility index (Phi) is 5.81. The van der Waals surface area contributed by atoms with Crippen LogP contribution in [0.15, 0.2) is 53.1 Å². The first-order valence-corrected chi connectivity index (χ1v) is 8.50. The fraction of sp³-hybridized carbons (Fsp3) is 0.211. The van der Waals surface area contributed by atoms with Crippen LogP contribution in [0.4, 0.5) is 26.3 Å². The average molecular weight is 429 g/mol. The number of carbonyl (C=O) groups is 1. The zero-order valence-corrected chi connectivity index (χ0v) is 15.0. The molecule has 0 atom stereocenters. The summed E-state index contributed by atoms with van der Waals surface area (Å²) in [5.41, 5.74) is -1.28. The SMILES string of the molecule is O=C(NCCc1nc(-c2ccc(C(F)(F)F)cc2)no1)c1ccc(C(F)(F)F)cc1. The largest absolute Gasteiger partial charge is 0.416 e. The molecule has 3 aromatic rings. The van der Waals surface area contributed by atoms with Crippen LogP contribution >= 0.6 is 0 Å². The van der Waals surface area contributed by atoms with Crippen molar-refractivity contribution < 1.29 is 35.7 Å². The molecule has 2 aromatic carbocycles. The van der Waals surface area contributed by atoms with Gasteiger partial charge in [-0.2, -0.15) is 31.3 Å². The zero-order valence-electron chi connectivity index (χ0n) is 15.0. The number of hydrogen-bond acceptors (Lipinski definition) is 4. The Morgan fingerprint density at radius 1 is 0.867 bits per heavy atom. The summed E-state index contributed by atoms with van der Waals surface area (Å²) < 4.78 is 80.4. The molecule has 0 unspecified atom stereocenters. The summed E-state index contributed by atoms with van der Waals surface area (Å²) in [6, 6.07) is 7.96. The molecule has 1 aromatic heterocycles. The number of hydrogen-bond donors (Lipinski definition) is 1. The third-order valence-corrected chi connectivity index (χ3v) is 4.04. The highest BCUT2D eigenvalue weighted by Crippen LogP contribution is 2.30. The molecule has 0 aliphatic carbocycles. The molecule has 3 rings (SSSR count). The second kappa shape index (κ2) is 8.17. The number of aromatic nitrogens is 2. The van der Waals surface area contributed by atoms with Crippen LogP contribution in [-0.4, -0.2) is 22.6 Å². The molecular weight excluding hydrogens is 416 g/mol. The van der Waals surface area contributed by atoms with Crippen LogP contribution in [0.1, 0.15) is 27.4 Å². The molecule has 0 radical (unpaired) electrons. The number of nitrogens with zero attached hydrogens (tertiary/aromatic N) is 2. The molecule has 1 amide bonds. The maximum Gasteiger partial charge on any atom is 0.416 e. The fourth-order valence-electron chi connectivity index (χ4n) is 2.48. The molecule has 0 saturated heterocycles. The van der Waals surface area contributed by atoms with E-state index in [1.54, 1.807) is 0 Å². The van der Waals surface area contributed by atoms with Crippen molar-refractivity contribution in [3.63, 3.8) is 0 Å². The van der Waals surface area contributed by atoms with E-state index in [0.29, 0.717) is 5.56 Å². The van der Waals surface area contributed by atoms with Gasteiger partial charge in [-0.3, -0.25) is 4.79 Å². The van der Waals surface area contributed by atoms with E-state index < -0.39 is 29.4 Å². The van der Waals surface area contributed by atoms with E-state index >= 15 is 0 Å². The zero-order chi connectivity index (χ0) is 21.9. The van der Waals surface area contributed by atoms with Crippen molar-refractivity contribution in [2.75, 3.05) is 6.54 Å². The normalized spacial score (nSPS) is 12.1. The van der Waals surface area contributed by atoms with E-state index in [1.165, 1.54) is 12.1 Å². The summed E-state index contributed by atoms with van der Waals surface area (Å²) >= 11 is 0. The first-order chi connectivity index (χ1) is 14.0. The molecule has 0 saturated carbocycles. The number of benzene rings is 2. The van der Waals surface area contributed by atoms with E-state index in [4.69, 9.17) is 4.52 Å². The number of carbonyl (C=O) groups excluding carboxylic acids is 1. The van der Waals surface area contributed by atoms with E-state index in [0.717, 1.165) is 36.4 Å². The third-order valence-electron chi connectivity index (χ3n) is 4.04. The Labute approximate surface area is 165 Å². The van der Waals surface area contributed by atoms with Crippen LogP contribution in [0.2, 0.25) is 0 Å². The van der Waals surface area contributed by atoms with Crippen molar-refractivity contribution >= 4 is 5.91 Å². The number of alkyl halides is 6. The monoisotopic (exact) mass is 429 g/mol. The van der Waals surface area contributed by atoms with Crippen molar-refractivity contribution in [3.8, 4) is 11.4 Å². The Morgan fingerprint density at radius 3 is 1.93 bits per heavy atom. The quantitative estimate of drug-likeness (QED) is 0.595. The lowest BCUT2D eigenvalue weighted by molar-refractivity contribution is -0.138. The molecule has 30 heavy (non-hydrogen) atoms. The lowest BCUT2D eigenvalue weighted by Crippen LogP contribution is -2.25. The van der Waals surface area contributed by atoms with Gasteiger partial charge in [-0.15, -0.1) is 0 Å². The molecule has 0 aliphatic rings. The van der Waals surface area contributed by atoms with Gasteiger partial charge in [0.25, 0.3) is 5.91 Å². The van der Waals surface area contributed by atoms with Crippen molar-refractivity contribution in [3.05, 3.63) is 71.1 Å². The van der Waals surface area contributed by atoms with Gasteiger partial charge in [0, 0.05) is 24.1 Å². The van der Waals surface area contributed by atoms with Crippen LogP contribution in [-0.2, 0) is 18.8 Å². The highest BCUT2D eigenvalue weighted by molar-refractivity contribution is 5.94. The number of amides is 1. The predicted molar refractivity (Wildman–Crippen MR) is 92.2 cm³/mol. The van der Waals surface area contributed by atoms with Gasteiger partial charge in [0.2, 0.25) is 11.7 Å². The van der Waals surface area contributed by atoms with Gasteiger partial charge in [-0.25, -0.2) is 0 Å². The van der Waals surface area contributed by atoms with Gasteiger partial charge in [-0.1, -0.05) is 17.3 Å². The highest BCUT2D eigenvalue weighted by atomic mass is 19.4. The maximum absolute atomic E-state index is 12.6. The Balaban J connectivity index is 1.55. The van der Waals surface area contributed by atoms with Crippen molar-refractivity contribution in [2.45, 2.75) is 18.8 Å². The fourth-order valence-corrected chi connectivity index (χ4v) is 2.48. The minimum absolute atomic E-state index is 0.0546. The highest BCUT2D eigenvalue weighted by Gasteiger charge is 2.31. The van der Waals surface area contributed by atoms with E-state index in [2.05, 4.69) is 15.5 Å². The van der Waals surface area contributed by atoms with Crippen LogP contribution < -0.4 is 5.32 Å². The second-order valence-electron chi connectivity index (χ2n) is 6.17. The van der Waals surface area contributed by atoms with Crippen molar-refractivity contribution in [1.29, 1.82) is 0 Å². The molecule has 1 heterocycles. The van der Waals surface area contributed by atoms with Gasteiger partial charge in [-0.05, 0) is 36.4 Å².